The Hall–Kier alpha value is -7.16. The van der Waals surface area contributed by atoms with Crippen LogP contribution in [0.15, 0.2) is 200 Å². The molecule has 1 aromatic heterocycles. The monoisotopic (exact) mass is 712 g/mol. The molecule has 2 heteroatoms. The lowest BCUT2D eigenvalue weighted by Crippen LogP contribution is -2.22. The molecule has 0 radical (unpaired) electrons. The predicted octanol–water partition coefficient (Wildman–Crippen LogP) is 13.9. The van der Waals surface area contributed by atoms with Crippen molar-refractivity contribution in [2.75, 3.05) is 0 Å². The van der Waals surface area contributed by atoms with Crippen molar-refractivity contribution in [3.8, 4) is 56.2 Å². The zero-order valence-electron chi connectivity index (χ0n) is 30.9. The van der Waals surface area contributed by atoms with Gasteiger partial charge in [0.1, 0.15) is 0 Å². The summed E-state index contributed by atoms with van der Waals surface area (Å²) in [5.74, 6) is 0.715. The van der Waals surface area contributed by atoms with E-state index in [9.17, 15) is 0 Å². The highest BCUT2D eigenvalue weighted by atomic mass is 14.9. The third-order valence-electron chi connectivity index (χ3n) is 12.0. The molecule has 0 spiro atoms. The summed E-state index contributed by atoms with van der Waals surface area (Å²) in [4.78, 5) is 11.1. The minimum Gasteiger partial charge on any atom is -0.228 e. The minimum absolute atomic E-state index is 0.325. The van der Waals surface area contributed by atoms with E-state index in [2.05, 4.69) is 207 Å². The Morgan fingerprint density at radius 3 is 1.80 bits per heavy atom. The van der Waals surface area contributed by atoms with E-state index in [1.165, 1.54) is 49.4 Å². The van der Waals surface area contributed by atoms with E-state index < -0.39 is 0 Å². The average molecular weight is 713 g/mol. The summed E-state index contributed by atoms with van der Waals surface area (Å²) < 4.78 is 0. The normalized spacial score (nSPS) is 14.6. The molecule has 10 aromatic rings. The first kappa shape index (κ1) is 32.3. The Kier molecular flexibility index (Phi) is 7.33. The minimum atomic E-state index is -0.325. The fourth-order valence-corrected chi connectivity index (χ4v) is 9.22. The molecule has 1 unspecified atom stereocenters. The molecule has 0 fully saturated rings. The summed E-state index contributed by atoms with van der Waals surface area (Å²) in [7, 11) is 0. The number of hydrogen-bond acceptors (Lipinski definition) is 2. The topological polar surface area (TPSA) is 25.8 Å². The van der Waals surface area contributed by atoms with Gasteiger partial charge in [0.05, 0.1) is 11.4 Å². The lowest BCUT2D eigenvalue weighted by atomic mass is 9.74. The maximum absolute atomic E-state index is 5.57. The Morgan fingerprint density at radius 2 is 0.982 bits per heavy atom. The quantitative estimate of drug-likeness (QED) is 0.131. The predicted molar refractivity (Wildman–Crippen MR) is 234 cm³/mol. The highest BCUT2D eigenvalue weighted by molar-refractivity contribution is 6.19. The molecule has 0 saturated carbocycles. The van der Waals surface area contributed by atoms with Crippen LogP contribution in [0.2, 0.25) is 0 Å². The first-order chi connectivity index (χ1) is 27.6. The SMILES string of the molecule is CC1(c2ccccc2)c2ccccc2-c2ccc(-c3cc(-c4ccccc4-c4ccccc4)nc(-c4c5ccccc5cc5c4ccc4ccccc45)n3)cc21. The molecule has 1 atom stereocenters. The first-order valence-electron chi connectivity index (χ1n) is 19.3. The summed E-state index contributed by atoms with van der Waals surface area (Å²) in [6.45, 7) is 2.37. The van der Waals surface area contributed by atoms with Crippen molar-refractivity contribution in [3.63, 3.8) is 0 Å². The third kappa shape index (κ3) is 4.96. The highest BCUT2D eigenvalue weighted by Gasteiger charge is 2.40. The third-order valence-corrected chi connectivity index (χ3v) is 12.0. The number of nitrogens with zero attached hydrogens (tertiary/aromatic N) is 2. The lowest BCUT2D eigenvalue weighted by Gasteiger charge is -2.28. The number of fused-ring (bicyclic) bond motifs is 7. The van der Waals surface area contributed by atoms with Gasteiger partial charge in [0, 0.05) is 22.1 Å². The van der Waals surface area contributed by atoms with Gasteiger partial charge in [-0.05, 0) is 96.4 Å². The molecule has 0 bridgehead atoms. The molecule has 1 heterocycles. The van der Waals surface area contributed by atoms with E-state index in [0.29, 0.717) is 5.82 Å². The summed E-state index contributed by atoms with van der Waals surface area (Å²) in [5, 5.41) is 7.08. The molecule has 1 aliphatic carbocycles. The maximum atomic E-state index is 5.57. The van der Waals surface area contributed by atoms with Gasteiger partial charge in [-0.25, -0.2) is 9.97 Å². The van der Waals surface area contributed by atoms with Crippen LogP contribution in [0.3, 0.4) is 0 Å². The molecule has 11 rings (SSSR count). The van der Waals surface area contributed by atoms with E-state index in [1.54, 1.807) is 0 Å². The average Bonchev–Trinajstić information content (AvgIpc) is 3.54. The smallest absolute Gasteiger partial charge is 0.161 e. The van der Waals surface area contributed by atoms with Crippen molar-refractivity contribution >= 4 is 32.3 Å². The van der Waals surface area contributed by atoms with Crippen molar-refractivity contribution in [2.45, 2.75) is 12.3 Å². The van der Waals surface area contributed by atoms with Crippen molar-refractivity contribution in [2.24, 2.45) is 0 Å². The van der Waals surface area contributed by atoms with Crippen LogP contribution in [0.4, 0.5) is 0 Å². The number of aromatic nitrogens is 2. The summed E-state index contributed by atoms with van der Waals surface area (Å²) in [5.41, 5.74) is 13.4. The van der Waals surface area contributed by atoms with Gasteiger partial charge < -0.3 is 0 Å². The molecule has 1 aliphatic rings. The van der Waals surface area contributed by atoms with Gasteiger partial charge in [0.15, 0.2) is 5.82 Å². The zero-order valence-corrected chi connectivity index (χ0v) is 30.9. The van der Waals surface area contributed by atoms with Crippen molar-refractivity contribution in [1.82, 2.24) is 9.97 Å². The van der Waals surface area contributed by atoms with E-state index in [1.807, 2.05) is 0 Å². The summed E-state index contributed by atoms with van der Waals surface area (Å²) in [6, 6.07) is 72.3. The Balaban J connectivity index is 1.21. The van der Waals surface area contributed by atoms with Gasteiger partial charge in [-0.3, -0.25) is 0 Å². The molecule has 0 aliphatic heterocycles. The summed E-state index contributed by atoms with van der Waals surface area (Å²) in [6.07, 6.45) is 0. The van der Waals surface area contributed by atoms with Crippen LogP contribution < -0.4 is 0 Å². The number of benzene rings is 9. The summed E-state index contributed by atoms with van der Waals surface area (Å²) >= 11 is 0. The maximum Gasteiger partial charge on any atom is 0.161 e. The second-order valence-electron chi connectivity index (χ2n) is 15.0. The lowest BCUT2D eigenvalue weighted by molar-refractivity contribution is 0.714. The van der Waals surface area contributed by atoms with Crippen molar-refractivity contribution < 1.29 is 0 Å². The van der Waals surface area contributed by atoms with Gasteiger partial charge in [-0.2, -0.15) is 0 Å². The second kappa shape index (κ2) is 12.7. The highest BCUT2D eigenvalue weighted by Crippen LogP contribution is 2.53. The Morgan fingerprint density at radius 1 is 0.357 bits per heavy atom. The molecule has 0 amide bonds. The molecule has 262 valence electrons. The van der Waals surface area contributed by atoms with Gasteiger partial charge in [-0.1, -0.05) is 182 Å². The zero-order chi connectivity index (χ0) is 37.2. The van der Waals surface area contributed by atoms with Crippen LogP contribution in [0.5, 0.6) is 0 Å². The van der Waals surface area contributed by atoms with Crippen LogP contribution >= 0.6 is 0 Å². The van der Waals surface area contributed by atoms with Gasteiger partial charge in [-0.15, -0.1) is 0 Å². The fraction of sp³-hybridized carbons (Fsp3) is 0.0370. The van der Waals surface area contributed by atoms with E-state index in [-0.39, 0.29) is 5.41 Å². The van der Waals surface area contributed by atoms with E-state index in [0.717, 1.165) is 50.0 Å². The van der Waals surface area contributed by atoms with Crippen LogP contribution in [0.25, 0.3) is 88.5 Å². The van der Waals surface area contributed by atoms with Crippen LogP contribution in [0, 0.1) is 0 Å². The molecule has 9 aromatic carbocycles. The second-order valence-corrected chi connectivity index (χ2v) is 15.0. The molecule has 56 heavy (non-hydrogen) atoms. The molecular weight excluding hydrogens is 677 g/mol. The Labute approximate surface area is 326 Å². The standard InChI is InChI=1S/C54H36N2/c1-54(39-20-6-3-7-21-39)48-27-15-14-25-43(48)44-30-29-38(33-49(44)54)50-34-51(45-26-13-12-22-40(45)35-16-4-2-5-17-35)56-53(55-50)52-42-24-11-9-19-37(42)32-47-41-23-10-8-18-36(41)28-31-46(47)52/h2-34H,1H3. The molecule has 0 saturated heterocycles. The fourth-order valence-electron chi connectivity index (χ4n) is 9.22. The van der Waals surface area contributed by atoms with Crippen LogP contribution in [0.1, 0.15) is 23.6 Å². The molecule has 0 N–H and O–H groups in total. The molecule has 2 nitrogen and oxygen atoms in total. The van der Waals surface area contributed by atoms with Gasteiger partial charge in [0.2, 0.25) is 0 Å². The van der Waals surface area contributed by atoms with Gasteiger partial charge in [0.25, 0.3) is 0 Å². The van der Waals surface area contributed by atoms with Crippen LogP contribution in [-0.2, 0) is 5.41 Å². The number of rotatable bonds is 5. The largest absolute Gasteiger partial charge is 0.228 e. The van der Waals surface area contributed by atoms with E-state index in [4.69, 9.17) is 9.97 Å². The molecular formula is C54H36N2. The van der Waals surface area contributed by atoms with E-state index >= 15 is 0 Å². The Bertz CT molecular complexity index is 3150. The van der Waals surface area contributed by atoms with Gasteiger partial charge >= 0.3 is 0 Å². The van der Waals surface area contributed by atoms with Crippen LogP contribution in [-0.4, -0.2) is 9.97 Å². The number of hydrogen-bond donors (Lipinski definition) is 0. The van der Waals surface area contributed by atoms with Crippen molar-refractivity contribution in [3.05, 3.63) is 217 Å². The van der Waals surface area contributed by atoms with Crippen molar-refractivity contribution in [1.29, 1.82) is 0 Å². The first-order valence-corrected chi connectivity index (χ1v) is 19.3.